The molecular formula is C34H40N9O11S2+. The summed E-state index contributed by atoms with van der Waals surface area (Å²) in [5.41, 5.74) is 2.98. The van der Waals surface area contributed by atoms with Crippen molar-refractivity contribution in [2.75, 3.05) is 44.2 Å². The number of thiazole rings is 1. The van der Waals surface area contributed by atoms with Crippen molar-refractivity contribution in [3.8, 4) is 11.5 Å². The molecule has 0 aliphatic carbocycles. The minimum Gasteiger partial charge on any atom is -0.504 e. The van der Waals surface area contributed by atoms with Gasteiger partial charge in [-0.25, -0.2) is 14.6 Å². The van der Waals surface area contributed by atoms with Crippen LogP contribution in [0.15, 0.2) is 38.7 Å². The highest BCUT2D eigenvalue weighted by atomic mass is 32.2. The largest absolute Gasteiger partial charge is 0.504 e. The number of amides is 3. The lowest BCUT2D eigenvalue weighted by atomic mass is 10.0. The highest BCUT2D eigenvalue weighted by Gasteiger charge is 2.55. The molecule has 5 heterocycles. The lowest BCUT2D eigenvalue weighted by molar-refractivity contribution is -0.911. The summed E-state index contributed by atoms with van der Waals surface area (Å²) in [6.07, 6.45) is 1.70. The topological polar surface area (TPSA) is 289 Å². The maximum atomic E-state index is 13.6. The molecule has 0 bridgehead atoms. The number of fused-ring (bicyclic) bond motifs is 2. The van der Waals surface area contributed by atoms with Crippen LogP contribution in [-0.2, 0) is 30.6 Å². The number of rotatable bonds is 14. The van der Waals surface area contributed by atoms with Crippen LogP contribution in [0.5, 0.6) is 11.5 Å². The van der Waals surface area contributed by atoms with E-state index in [1.807, 2.05) is 0 Å². The Balaban J connectivity index is 1.16. The van der Waals surface area contributed by atoms with Crippen LogP contribution in [-0.4, -0.2) is 135 Å². The molecule has 22 heteroatoms. The first kappa shape index (κ1) is 39.9. The smallest absolute Gasteiger partial charge is 0.352 e. The molecule has 2 atom stereocenters. The number of aryl methyl sites for hydroxylation is 1. The first-order valence-electron chi connectivity index (χ1n) is 17.5. The van der Waals surface area contributed by atoms with Gasteiger partial charge in [-0.2, -0.15) is 5.10 Å². The maximum absolute atomic E-state index is 13.6. The summed E-state index contributed by atoms with van der Waals surface area (Å²) in [4.78, 5) is 88.1. The van der Waals surface area contributed by atoms with E-state index >= 15 is 0 Å². The number of β-lactam (4-membered cyclic amide) rings is 1. The van der Waals surface area contributed by atoms with Crippen LogP contribution in [0.1, 0.15) is 49.8 Å². The van der Waals surface area contributed by atoms with Crippen molar-refractivity contribution in [2.24, 2.45) is 5.16 Å². The Hall–Kier alpha value is -5.74. The number of quaternary nitrogens is 1. The Morgan fingerprint density at radius 2 is 1.82 bits per heavy atom. The molecule has 20 nitrogen and oxygen atoms in total. The van der Waals surface area contributed by atoms with Crippen LogP contribution in [0.3, 0.4) is 0 Å². The van der Waals surface area contributed by atoms with E-state index in [-0.39, 0.29) is 58.5 Å². The van der Waals surface area contributed by atoms with Crippen LogP contribution in [0.25, 0.3) is 10.9 Å². The molecule has 2 aromatic heterocycles. The van der Waals surface area contributed by atoms with Crippen LogP contribution >= 0.6 is 23.1 Å². The van der Waals surface area contributed by atoms with Crippen molar-refractivity contribution in [2.45, 2.75) is 57.2 Å². The normalized spacial score (nSPS) is 19.4. The maximum Gasteiger partial charge on any atom is 0.352 e. The van der Waals surface area contributed by atoms with Crippen molar-refractivity contribution in [3.63, 3.8) is 0 Å². The van der Waals surface area contributed by atoms with Crippen molar-refractivity contribution in [1.29, 1.82) is 0 Å². The van der Waals surface area contributed by atoms with Gasteiger partial charge in [-0.05, 0) is 26.8 Å². The molecular weight excluding hydrogens is 775 g/mol. The second kappa shape index (κ2) is 15.4. The average molecular weight is 815 g/mol. The zero-order chi connectivity index (χ0) is 40.7. The molecule has 298 valence electrons. The SMILES string of the molecule is CCn1nc(C(=O)NCC[N+]2(CC3=C(C(=O)O)N4C(=O)[C@@H](NC(=O)/C(=N\OC(C)(C)C(=O)O)c5csc(N)n5)C4SC3)CCCC2)c(=O)c2cc(O)c(O)cc21. The number of nitrogens with two attached hydrogens (primary N) is 1. The van der Waals surface area contributed by atoms with Gasteiger partial charge >= 0.3 is 11.9 Å². The van der Waals surface area contributed by atoms with Gasteiger partial charge in [0.2, 0.25) is 11.0 Å². The Morgan fingerprint density at radius 1 is 1.12 bits per heavy atom. The fourth-order valence-electron chi connectivity index (χ4n) is 6.87. The molecule has 1 aromatic carbocycles. The number of benzene rings is 1. The van der Waals surface area contributed by atoms with Gasteiger partial charge in [0.15, 0.2) is 28.0 Å². The Morgan fingerprint density at radius 3 is 2.45 bits per heavy atom. The number of anilines is 1. The molecule has 0 radical (unpaired) electrons. The molecule has 6 rings (SSSR count). The number of nitrogens with zero attached hydrogens (tertiary/aromatic N) is 6. The summed E-state index contributed by atoms with van der Waals surface area (Å²) in [5, 5.41) is 53.8. The number of phenolic OH excluding ortho intramolecular Hbond substituents is 2. The molecule has 3 aliphatic rings. The summed E-state index contributed by atoms with van der Waals surface area (Å²) >= 11 is 2.27. The van der Waals surface area contributed by atoms with Crippen LogP contribution in [0.4, 0.5) is 5.13 Å². The van der Waals surface area contributed by atoms with E-state index in [2.05, 4.69) is 25.9 Å². The quantitative estimate of drug-likeness (QED) is 0.0377. The van der Waals surface area contributed by atoms with Crippen molar-refractivity contribution < 1.29 is 53.7 Å². The molecule has 56 heavy (non-hydrogen) atoms. The van der Waals surface area contributed by atoms with Gasteiger partial charge in [-0.3, -0.25) is 28.8 Å². The fraction of sp³-hybridized carbons (Fsp3) is 0.441. The van der Waals surface area contributed by atoms with E-state index in [4.69, 9.17) is 10.6 Å². The number of carbonyl (C=O) groups is 5. The second-order valence-corrected chi connectivity index (χ2v) is 16.0. The number of thioether (sulfide) groups is 1. The lowest BCUT2D eigenvalue weighted by Gasteiger charge is -2.50. The van der Waals surface area contributed by atoms with E-state index in [1.54, 1.807) is 6.92 Å². The molecule has 3 amide bonds. The van der Waals surface area contributed by atoms with Gasteiger partial charge in [0.1, 0.15) is 29.4 Å². The summed E-state index contributed by atoms with van der Waals surface area (Å²) in [6.45, 7) is 6.61. The van der Waals surface area contributed by atoms with E-state index in [0.29, 0.717) is 29.7 Å². The molecule has 3 aliphatic heterocycles. The highest BCUT2D eigenvalue weighted by Crippen LogP contribution is 2.41. The van der Waals surface area contributed by atoms with E-state index < -0.39 is 69.3 Å². The monoisotopic (exact) mass is 814 g/mol. The molecule has 2 fully saturated rings. The summed E-state index contributed by atoms with van der Waals surface area (Å²) in [6, 6.07) is 1.15. The Labute approximate surface area is 326 Å². The van der Waals surface area contributed by atoms with E-state index in [1.165, 1.54) is 41.7 Å². The van der Waals surface area contributed by atoms with Crippen molar-refractivity contribution in [1.82, 2.24) is 30.3 Å². The summed E-state index contributed by atoms with van der Waals surface area (Å²) in [5.74, 6) is -5.67. The number of aliphatic carboxylic acids is 2. The van der Waals surface area contributed by atoms with Crippen molar-refractivity contribution >= 4 is 74.5 Å². The summed E-state index contributed by atoms with van der Waals surface area (Å²) < 4.78 is 1.79. The second-order valence-electron chi connectivity index (χ2n) is 14.0. The zero-order valence-electron chi connectivity index (χ0n) is 30.5. The number of aromatic nitrogens is 3. The third kappa shape index (κ3) is 7.58. The Bertz CT molecular complexity index is 2260. The number of oxime groups is 1. The van der Waals surface area contributed by atoms with Crippen molar-refractivity contribution in [3.05, 3.63) is 50.4 Å². The predicted molar refractivity (Wildman–Crippen MR) is 202 cm³/mol. The number of carbonyl (C=O) groups excluding carboxylic acids is 3. The Kier molecular flexibility index (Phi) is 11.0. The van der Waals surface area contributed by atoms with Gasteiger partial charge in [-0.15, -0.1) is 23.1 Å². The molecule has 0 saturated carbocycles. The molecule has 8 N–H and O–H groups in total. The van der Waals surface area contributed by atoms with E-state index in [9.17, 15) is 49.2 Å². The minimum absolute atomic E-state index is 0.0108. The number of nitrogen functional groups attached to an aromatic ring is 1. The number of phenols is 2. The molecule has 1 unspecified atom stereocenters. The summed E-state index contributed by atoms with van der Waals surface area (Å²) in [7, 11) is 0. The number of nitrogens with one attached hydrogen (secondary N) is 2. The van der Waals surface area contributed by atoms with Gasteiger partial charge < -0.3 is 46.1 Å². The van der Waals surface area contributed by atoms with Gasteiger partial charge in [-0.1, -0.05) is 5.16 Å². The number of likely N-dealkylation sites (tertiary alicyclic amines) is 1. The third-order valence-electron chi connectivity index (χ3n) is 9.88. The van der Waals surface area contributed by atoms with Gasteiger partial charge in [0.05, 0.1) is 37.1 Å². The van der Waals surface area contributed by atoms with Gasteiger partial charge in [0, 0.05) is 42.2 Å². The standard InChI is InChI=1S/C34H39N9O11S2/c1-4-41-19-12-21(45)20(44)11-17(19)26(46)23(39-41)27(47)36-7-10-43(8-5-6-9-43)13-16-14-55-30-24(29(49)42(30)25(16)31(50)51)38-28(48)22(18-15-56-33(35)37-18)40-54-34(2,3)32(52)53/h11-12,15,24,30H,4-10,13-14H2,1-3H3,(H7-,35,36,37,38,39,40,44,45,46,47,48,50,51,52,53)/p+1/t24-,30?/m1/s1. The number of carboxylic acid groups (broad SMARTS) is 2. The predicted octanol–water partition coefficient (Wildman–Crippen LogP) is 0.229. The number of aromatic hydroxyl groups is 2. The van der Waals surface area contributed by atoms with Crippen LogP contribution in [0, 0.1) is 0 Å². The highest BCUT2D eigenvalue weighted by molar-refractivity contribution is 8.00. The number of hydrogen-bond acceptors (Lipinski definition) is 15. The van der Waals surface area contributed by atoms with Crippen LogP contribution < -0.4 is 21.8 Å². The molecule has 3 aromatic rings. The number of hydrogen-bond donors (Lipinski definition) is 7. The lowest BCUT2D eigenvalue weighted by Crippen LogP contribution is -2.71. The fourth-order valence-corrected chi connectivity index (χ4v) is 8.76. The first-order chi connectivity index (χ1) is 26.5. The molecule has 2 saturated heterocycles. The molecule has 0 spiro atoms. The van der Waals surface area contributed by atoms with Gasteiger partial charge in [0.25, 0.3) is 17.7 Å². The average Bonchev–Trinajstić information content (AvgIpc) is 3.80. The number of carboxylic acids is 2. The zero-order valence-corrected chi connectivity index (χ0v) is 32.1. The van der Waals surface area contributed by atoms with E-state index in [0.717, 1.165) is 35.1 Å². The third-order valence-corrected chi connectivity index (χ3v) is 11.9. The first-order valence-corrected chi connectivity index (χ1v) is 19.4. The van der Waals surface area contributed by atoms with Crippen LogP contribution in [0.2, 0.25) is 0 Å². The minimum atomic E-state index is -1.81.